The Labute approximate surface area is 177 Å². The highest BCUT2D eigenvalue weighted by atomic mass is 16.5. The number of rotatable bonds is 6. The summed E-state index contributed by atoms with van der Waals surface area (Å²) in [4.78, 5) is 15.1. The van der Waals surface area contributed by atoms with E-state index >= 15 is 0 Å². The zero-order chi connectivity index (χ0) is 21.1. The van der Waals surface area contributed by atoms with Crippen LogP contribution in [0, 0.1) is 0 Å². The first-order chi connectivity index (χ1) is 14.5. The number of hydrogen-bond donors (Lipinski definition) is 2. The molecule has 0 unspecified atom stereocenters. The van der Waals surface area contributed by atoms with E-state index in [2.05, 4.69) is 27.7 Å². The van der Waals surface area contributed by atoms with Gasteiger partial charge in [0.15, 0.2) is 0 Å². The molecule has 0 fully saturated rings. The largest absolute Gasteiger partial charge is 0.497 e. The van der Waals surface area contributed by atoms with Gasteiger partial charge in [0.25, 0.3) is 5.91 Å². The van der Waals surface area contributed by atoms with Gasteiger partial charge >= 0.3 is 0 Å². The van der Waals surface area contributed by atoms with Crippen LogP contribution >= 0.6 is 0 Å². The van der Waals surface area contributed by atoms with Crippen LogP contribution in [0.5, 0.6) is 5.75 Å². The summed E-state index contributed by atoms with van der Waals surface area (Å²) in [5.74, 6) is 0.579. The van der Waals surface area contributed by atoms with E-state index in [4.69, 9.17) is 4.74 Å². The second-order valence-corrected chi connectivity index (χ2v) is 7.54. The first-order valence-electron chi connectivity index (χ1n) is 9.85. The summed E-state index contributed by atoms with van der Waals surface area (Å²) in [6.07, 6.45) is 0. The molecule has 0 spiro atoms. The average Bonchev–Trinajstić information content (AvgIpc) is 3.07. The third-order valence-corrected chi connectivity index (χ3v) is 4.98. The van der Waals surface area contributed by atoms with Gasteiger partial charge in [0, 0.05) is 23.9 Å². The van der Waals surface area contributed by atoms with E-state index in [1.807, 2.05) is 74.8 Å². The van der Waals surface area contributed by atoms with Crippen LogP contribution in [-0.4, -0.2) is 32.0 Å². The van der Waals surface area contributed by atoms with Crippen molar-refractivity contribution >= 4 is 28.6 Å². The number of amides is 1. The standard InChI is InChI=1S/C25H25N3O2/c1-28(2)16-17-8-7-11-19(14-17)26-24(18-9-5-4-6-10-18)23-21-13-12-20(30-3)15-22(21)27-25(23)29/h4-15,26H,16H2,1-3H3,(H,27,29). The van der Waals surface area contributed by atoms with E-state index in [1.165, 1.54) is 5.56 Å². The molecular weight excluding hydrogens is 374 g/mol. The number of nitrogens with one attached hydrogen (secondary N) is 2. The molecule has 0 aliphatic carbocycles. The van der Waals surface area contributed by atoms with Crippen molar-refractivity contribution in [3.63, 3.8) is 0 Å². The van der Waals surface area contributed by atoms with E-state index in [9.17, 15) is 4.79 Å². The van der Waals surface area contributed by atoms with Crippen LogP contribution in [0.15, 0.2) is 72.8 Å². The first kappa shape index (κ1) is 19.7. The van der Waals surface area contributed by atoms with E-state index < -0.39 is 0 Å². The number of ether oxygens (including phenoxy) is 1. The monoisotopic (exact) mass is 399 g/mol. The molecule has 0 radical (unpaired) electrons. The Bertz CT molecular complexity index is 1100. The number of nitrogens with zero attached hydrogens (tertiary/aromatic N) is 1. The lowest BCUT2D eigenvalue weighted by atomic mass is 9.99. The predicted molar refractivity (Wildman–Crippen MR) is 122 cm³/mol. The fourth-order valence-electron chi connectivity index (χ4n) is 3.67. The Morgan fingerprint density at radius 3 is 2.53 bits per heavy atom. The minimum Gasteiger partial charge on any atom is -0.497 e. The van der Waals surface area contributed by atoms with Gasteiger partial charge in [-0.1, -0.05) is 42.5 Å². The Balaban J connectivity index is 1.82. The quantitative estimate of drug-likeness (QED) is 0.591. The van der Waals surface area contributed by atoms with Crippen molar-refractivity contribution in [2.45, 2.75) is 6.54 Å². The van der Waals surface area contributed by atoms with Gasteiger partial charge in [-0.25, -0.2) is 0 Å². The summed E-state index contributed by atoms with van der Waals surface area (Å²) in [7, 11) is 5.71. The number of methoxy groups -OCH3 is 1. The molecule has 0 atom stereocenters. The van der Waals surface area contributed by atoms with Crippen LogP contribution in [-0.2, 0) is 11.3 Å². The second kappa shape index (κ2) is 8.43. The van der Waals surface area contributed by atoms with Crippen molar-refractivity contribution in [1.82, 2.24) is 4.90 Å². The molecule has 30 heavy (non-hydrogen) atoms. The molecule has 4 rings (SSSR count). The number of benzene rings is 3. The second-order valence-electron chi connectivity index (χ2n) is 7.54. The Morgan fingerprint density at radius 1 is 1.00 bits per heavy atom. The minimum atomic E-state index is -0.131. The molecule has 0 saturated carbocycles. The smallest absolute Gasteiger partial charge is 0.258 e. The summed E-state index contributed by atoms with van der Waals surface area (Å²) in [5, 5.41) is 6.49. The van der Waals surface area contributed by atoms with Gasteiger partial charge in [0.2, 0.25) is 0 Å². The molecule has 5 nitrogen and oxygen atoms in total. The zero-order valence-electron chi connectivity index (χ0n) is 17.4. The van der Waals surface area contributed by atoms with E-state index in [0.29, 0.717) is 11.3 Å². The summed E-state index contributed by atoms with van der Waals surface area (Å²) >= 11 is 0. The lowest BCUT2D eigenvalue weighted by Crippen LogP contribution is -2.12. The number of hydrogen-bond acceptors (Lipinski definition) is 4. The van der Waals surface area contributed by atoms with Crippen molar-refractivity contribution in [3.05, 3.63) is 89.5 Å². The zero-order valence-corrected chi connectivity index (χ0v) is 17.4. The highest BCUT2D eigenvalue weighted by Crippen LogP contribution is 2.39. The third kappa shape index (κ3) is 4.07. The van der Waals surface area contributed by atoms with Crippen LogP contribution in [0.3, 0.4) is 0 Å². The van der Waals surface area contributed by atoms with Crippen molar-refractivity contribution in [1.29, 1.82) is 0 Å². The lowest BCUT2D eigenvalue weighted by molar-refractivity contribution is -0.110. The van der Waals surface area contributed by atoms with Crippen molar-refractivity contribution in [3.8, 4) is 5.75 Å². The Kier molecular flexibility index (Phi) is 5.55. The van der Waals surface area contributed by atoms with Crippen molar-refractivity contribution < 1.29 is 9.53 Å². The van der Waals surface area contributed by atoms with Gasteiger partial charge in [-0.2, -0.15) is 0 Å². The van der Waals surface area contributed by atoms with Gasteiger partial charge in [-0.05, 0) is 49.5 Å². The number of carbonyl (C=O) groups is 1. The van der Waals surface area contributed by atoms with Crippen LogP contribution in [0.4, 0.5) is 11.4 Å². The molecule has 152 valence electrons. The van der Waals surface area contributed by atoms with Crippen LogP contribution in [0.25, 0.3) is 11.3 Å². The van der Waals surface area contributed by atoms with Gasteiger partial charge in [-0.3, -0.25) is 4.79 Å². The Morgan fingerprint density at radius 2 is 1.80 bits per heavy atom. The average molecular weight is 399 g/mol. The highest BCUT2D eigenvalue weighted by Gasteiger charge is 2.28. The number of anilines is 2. The van der Waals surface area contributed by atoms with Gasteiger partial charge in [0.05, 0.1) is 24.1 Å². The van der Waals surface area contributed by atoms with Gasteiger partial charge < -0.3 is 20.3 Å². The number of fused-ring (bicyclic) bond motifs is 1. The maximum absolute atomic E-state index is 13.0. The topological polar surface area (TPSA) is 53.6 Å². The third-order valence-electron chi connectivity index (χ3n) is 4.98. The van der Waals surface area contributed by atoms with Crippen LogP contribution in [0.1, 0.15) is 16.7 Å². The van der Waals surface area contributed by atoms with Crippen LogP contribution < -0.4 is 15.4 Å². The maximum Gasteiger partial charge on any atom is 0.258 e. The molecule has 1 aliphatic heterocycles. The molecule has 0 aromatic heterocycles. The minimum absolute atomic E-state index is 0.131. The molecule has 0 saturated heterocycles. The van der Waals surface area contributed by atoms with E-state index in [1.54, 1.807) is 7.11 Å². The molecule has 2 N–H and O–H groups in total. The van der Waals surface area contributed by atoms with E-state index in [-0.39, 0.29) is 5.91 Å². The van der Waals surface area contributed by atoms with E-state index in [0.717, 1.165) is 34.7 Å². The molecule has 1 heterocycles. The molecule has 1 aliphatic rings. The SMILES string of the molecule is COc1ccc2c(c1)NC(=O)C2=C(Nc1cccc(CN(C)C)c1)c1ccccc1. The molecule has 3 aromatic carbocycles. The molecule has 5 heteroatoms. The lowest BCUT2D eigenvalue weighted by Gasteiger charge is -2.16. The molecule has 0 bridgehead atoms. The van der Waals surface area contributed by atoms with Crippen molar-refractivity contribution in [2.75, 3.05) is 31.8 Å². The summed E-state index contributed by atoms with van der Waals surface area (Å²) in [6, 6.07) is 23.8. The predicted octanol–water partition coefficient (Wildman–Crippen LogP) is 4.69. The molecule has 3 aromatic rings. The highest BCUT2D eigenvalue weighted by molar-refractivity contribution is 6.37. The fourth-order valence-corrected chi connectivity index (χ4v) is 3.67. The normalized spacial score (nSPS) is 14.3. The Hall–Kier alpha value is -3.57. The van der Waals surface area contributed by atoms with Gasteiger partial charge in [0.1, 0.15) is 5.75 Å². The number of carbonyl (C=O) groups excluding carboxylic acids is 1. The fraction of sp³-hybridized carbons (Fsp3) is 0.160. The first-order valence-corrected chi connectivity index (χ1v) is 9.85. The molecule has 1 amide bonds. The maximum atomic E-state index is 13.0. The summed E-state index contributed by atoms with van der Waals surface area (Å²) in [5.41, 5.74) is 6.10. The summed E-state index contributed by atoms with van der Waals surface area (Å²) < 4.78 is 5.31. The van der Waals surface area contributed by atoms with Crippen LogP contribution in [0.2, 0.25) is 0 Å². The van der Waals surface area contributed by atoms with Gasteiger partial charge in [-0.15, -0.1) is 0 Å². The van der Waals surface area contributed by atoms with Crippen molar-refractivity contribution in [2.24, 2.45) is 0 Å². The molecular formula is C25H25N3O2. The summed E-state index contributed by atoms with van der Waals surface area (Å²) in [6.45, 7) is 0.843.